The molecule has 2 heterocycles. The normalized spacial score (nSPS) is 14.1. The van der Waals surface area contributed by atoms with Gasteiger partial charge < -0.3 is 19.7 Å². The van der Waals surface area contributed by atoms with Crippen molar-refractivity contribution in [3.8, 4) is 22.8 Å². The molecule has 3 aromatic rings. The molecule has 1 aliphatic rings. The summed E-state index contributed by atoms with van der Waals surface area (Å²) < 4.78 is 23.9. The Kier molecular flexibility index (Phi) is 6.88. The number of amides is 2. The number of halogens is 1. The summed E-state index contributed by atoms with van der Waals surface area (Å²) in [6.45, 7) is 0.950. The number of thiazole rings is 1. The monoisotopic (exact) mass is 469 g/mol. The minimum Gasteiger partial charge on any atom is -0.497 e. The maximum Gasteiger partial charge on any atom is 0.254 e. The Labute approximate surface area is 195 Å². The molecule has 0 spiro atoms. The number of carbonyl (C=O) groups excluding carboxylic acids is 2. The van der Waals surface area contributed by atoms with Crippen LogP contribution in [0.2, 0.25) is 0 Å². The Morgan fingerprint density at radius 3 is 2.42 bits per heavy atom. The van der Waals surface area contributed by atoms with Crippen molar-refractivity contribution >= 4 is 28.3 Å². The van der Waals surface area contributed by atoms with E-state index in [0.717, 1.165) is 0 Å². The third kappa shape index (κ3) is 5.31. The van der Waals surface area contributed by atoms with Crippen LogP contribution in [-0.2, 0) is 4.79 Å². The van der Waals surface area contributed by atoms with Crippen molar-refractivity contribution in [2.45, 2.75) is 12.8 Å². The van der Waals surface area contributed by atoms with E-state index in [1.807, 2.05) is 0 Å². The number of carbonyl (C=O) groups is 2. The lowest BCUT2D eigenvalue weighted by Crippen LogP contribution is -2.41. The summed E-state index contributed by atoms with van der Waals surface area (Å²) in [5.74, 6) is 0.312. The van der Waals surface area contributed by atoms with E-state index in [4.69, 9.17) is 9.47 Å². The van der Waals surface area contributed by atoms with Crippen LogP contribution in [0.25, 0.3) is 11.3 Å². The second-order valence-electron chi connectivity index (χ2n) is 7.71. The Hall–Kier alpha value is -3.46. The Balaban J connectivity index is 1.34. The van der Waals surface area contributed by atoms with Crippen LogP contribution in [0.1, 0.15) is 23.2 Å². The number of aromatic nitrogens is 1. The van der Waals surface area contributed by atoms with E-state index in [1.54, 1.807) is 40.6 Å². The lowest BCUT2D eigenvalue weighted by Gasteiger charge is -2.31. The number of nitrogens with zero attached hydrogens (tertiary/aromatic N) is 2. The molecule has 0 bridgehead atoms. The van der Waals surface area contributed by atoms with E-state index >= 15 is 0 Å². The number of nitrogens with one attached hydrogen (secondary N) is 1. The number of likely N-dealkylation sites (tertiary alicyclic amines) is 1. The largest absolute Gasteiger partial charge is 0.497 e. The molecule has 1 aliphatic heterocycles. The summed E-state index contributed by atoms with van der Waals surface area (Å²) in [6, 6.07) is 11.3. The first-order chi connectivity index (χ1) is 16.0. The van der Waals surface area contributed by atoms with Gasteiger partial charge in [0.05, 0.1) is 19.9 Å². The average molecular weight is 470 g/mol. The molecule has 2 amide bonds. The molecule has 7 nitrogen and oxygen atoms in total. The van der Waals surface area contributed by atoms with Crippen molar-refractivity contribution in [2.75, 3.05) is 32.6 Å². The van der Waals surface area contributed by atoms with E-state index in [1.165, 1.54) is 37.7 Å². The first kappa shape index (κ1) is 22.7. The third-order valence-electron chi connectivity index (χ3n) is 5.61. The fraction of sp³-hybridized carbons (Fsp3) is 0.292. The van der Waals surface area contributed by atoms with E-state index < -0.39 is 0 Å². The van der Waals surface area contributed by atoms with Crippen molar-refractivity contribution < 1.29 is 23.5 Å². The van der Waals surface area contributed by atoms with Crippen LogP contribution in [0.15, 0.2) is 47.8 Å². The third-order valence-corrected chi connectivity index (χ3v) is 6.36. The summed E-state index contributed by atoms with van der Waals surface area (Å²) in [5.41, 5.74) is 1.76. The highest BCUT2D eigenvalue weighted by atomic mass is 32.1. The summed E-state index contributed by atoms with van der Waals surface area (Å²) in [4.78, 5) is 31.8. The zero-order valence-electron chi connectivity index (χ0n) is 18.3. The zero-order valence-corrected chi connectivity index (χ0v) is 19.2. The fourth-order valence-corrected chi connectivity index (χ4v) is 4.50. The Morgan fingerprint density at radius 2 is 1.79 bits per heavy atom. The molecule has 1 saturated heterocycles. The van der Waals surface area contributed by atoms with Crippen LogP contribution in [0.4, 0.5) is 9.52 Å². The smallest absolute Gasteiger partial charge is 0.254 e. The lowest BCUT2D eigenvalue weighted by atomic mass is 9.95. The summed E-state index contributed by atoms with van der Waals surface area (Å²) in [5, 5.41) is 5.12. The molecule has 1 fully saturated rings. The van der Waals surface area contributed by atoms with Crippen molar-refractivity contribution in [3.63, 3.8) is 0 Å². The SMILES string of the molecule is COc1cc(OC)cc(C(=O)N2CCC(C(=O)Nc3nc(-c4cccc(F)c4)cs3)CC2)c1. The number of hydrogen-bond acceptors (Lipinski definition) is 6. The van der Waals surface area contributed by atoms with Crippen molar-refractivity contribution in [1.82, 2.24) is 9.88 Å². The van der Waals surface area contributed by atoms with Gasteiger partial charge in [-0.25, -0.2) is 9.37 Å². The molecule has 0 unspecified atom stereocenters. The van der Waals surface area contributed by atoms with Gasteiger partial charge >= 0.3 is 0 Å². The molecule has 0 radical (unpaired) electrons. The van der Waals surface area contributed by atoms with Crippen LogP contribution in [0.3, 0.4) is 0 Å². The highest BCUT2D eigenvalue weighted by Gasteiger charge is 2.28. The van der Waals surface area contributed by atoms with E-state index in [2.05, 4.69) is 10.3 Å². The molecule has 2 aromatic carbocycles. The van der Waals surface area contributed by atoms with E-state index in [0.29, 0.717) is 59.4 Å². The van der Waals surface area contributed by atoms with Gasteiger partial charge in [0.1, 0.15) is 17.3 Å². The van der Waals surface area contributed by atoms with Gasteiger partial charge in [0.15, 0.2) is 5.13 Å². The van der Waals surface area contributed by atoms with Crippen LogP contribution in [-0.4, -0.2) is 49.0 Å². The van der Waals surface area contributed by atoms with Crippen LogP contribution >= 0.6 is 11.3 Å². The molecule has 33 heavy (non-hydrogen) atoms. The number of anilines is 1. The topological polar surface area (TPSA) is 80.8 Å². The van der Waals surface area contributed by atoms with Gasteiger partial charge in [-0.3, -0.25) is 9.59 Å². The van der Waals surface area contributed by atoms with Crippen molar-refractivity contribution in [1.29, 1.82) is 0 Å². The Bertz CT molecular complexity index is 1140. The van der Waals surface area contributed by atoms with Gasteiger partial charge in [-0.1, -0.05) is 12.1 Å². The maximum absolute atomic E-state index is 13.5. The lowest BCUT2D eigenvalue weighted by molar-refractivity contribution is -0.121. The predicted octanol–water partition coefficient (Wildman–Crippen LogP) is 4.46. The van der Waals surface area contributed by atoms with Crippen LogP contribution in [0, 0.1) is 11.7 Å². The minimum absolute atomic E-state index is 0.120. The molecular formula is C24H24FN3O4S. The molecule has 0 saturated carbocycles. The minimum atomic E-state index is -0.334. The van der Waals surface area contributed by atoms with E-state index in [9.17, 15) is 14.0 Å². The average Bonchev–Trinajstić information content (AvgIpc) is 3.31. The summed E-state index contributed by atoms with van der Waals surface area (Å²) in [6.07, 6.45) is 1.11. The molecule has 1 N–H and O–H groups in total. The number of benzene rings is 2. The standard InChI is InChI=1S/C24H24FN3O4S/c1-31-19-11-17(12-20(13-19)32-2)23(30)28-8-6-15(7-9-28)22(29)27-24-26-21(14-33-24)16-4-3-5-18(25)10-16/h3-5,10-15H,6-9H2,1-2H3,(H,26,27,29). The van der Waals surface area contributed by atoms with Crippen LogP contribution < -0.4 is 14.8 Å². The van der Waals surface area contributed by atoms with Gasteiger partial charge in [-0.2, -0.15) is 0 Å². The van der Waals surface area contributed by atoms with Gasteiger partial charge in [0.2, 0.25) is 5.91 Å². The van der Waals surface area contributed by atoms with Gasteiger partial charge in [-0.05, 0) is 37.1 Å². The highest BCUT2D eigenvalue weighted by Crippen LogP contribution is 2.28. The maximum atomic E-state index is 13.5. The molecule has 0 atom stereocenters. The second kappa shape index (κ2) is 9.99. The highest BCUT2D eigenvalue weighted by molar-refractivity contribution is 7.14. The number of rotatable bonds is 6. The van der Waals surface area contributed by atoms with Gasteiger partial charge in [-0.15, -0.1) is 11.3 Å². The van der Waals surface area contributed by atoms with E-state index in [-0.39, 0.29) is 23.5 Å². The van der Waals surface area contributed by atoms with Gasteiger partial charge in [0, 0.05) is 41.6 Å². The quantitative estimate of drug-likeness (QED) is 0.577. The van der Waals surface area contributed by atoms with Crippen LogP contribution in [0.5, 0.6) is 11.5 Å². The molecule has 0 aliphatic carbocycles. The molecule has 172 valence electrons. The molecule has 4 rings (SSSR count). The number of hydrogen-bond donors (Lipinski definition) is 1. The number of piperidine rings is 1. The second-order valence-corrected chi connectivity index (χ2v) is 8.56. The summed E-state index contributed by atoms with van der Waals surface area (Å²) in [7, 11) is 3.08. The van der Waals surface area contributed by atoms with Gasteiger partial charge in [0.25, 0.3) is 5.91 Å². The molecular weight excluding hydrogens is 445 g/mol. The zero-order chi connectivity index (χ0) is 23.4. The predicted molar refractivity (Wildman–Crippen MR) is 124 cm³/mol. The number of methoxy groups -OCH3 is 2. The van der Waals surface area contributed by atoms with Crippen molar-refractivity contribution in [2.24, 2.45) is 5.92 Å². The first-order valence-electron chi connectivity index (χ1n) is 10.5. The number of ether oxygens (including phenoxy) is 2. The Morgan fingerprint density at radius 1 is 1.09 bits per heavy atom. The molecule has 1 aromatic heterocycles. The van der Waals surface area contributed by atoms with Crippen molar-refractivity contribution in [3.05, 3.63) is 59.2 Å². The molecule has 9 heteroatoms. The fourth-order valence-electron chi connectivity index (χ4n) is 3.78. The summed E-state index contributed by atoms with van der Waals surface area (Å²) >= 11 is 1.30. The first-order valence-corrected chi connectivity index (χ1v) is 11.4.